The van der Waals surface area contributed by atoms with Crippen LogP contribution in [0.5, 0.6) is 0 Å². The van der Waals surface area contributed by atoms with Crippen LogP contribution in [-0.4, -0.2) is 315 Å². The second kappa shape index (κ2) is 57.2. The molecule has 44 nitrogen and oxygen atoms in total. The summed E-state index contributed by atoms with van der Waals surface area (Å²) in [6.07, 6.45) is 0.878. The number of carbonyl (C=O) groups excluding carboxylic acids is 18. The standard InChI is InChI=1S/C91H140ClN23O21S2/c1-8-9-25-61-87(133)112-39-17-28-68(112)84(130)99-52(6)75(121)110-66(48-116)82(128)108-64(46-54-21-11-10-12-22-54)81(127)111-67(83(129)106-62(26-13-14-36-93)88(134)115-42-20-31-71(115)89(135)113-40-18-29-69(113)85(131)101-57(74(95)120)32-33-72(118)119)49-138-137-43-35-60(78(124)107-63(44-50(2)3)79(125)102-58(27-16-38-98-91(96)97)76(122)103-59(34-37-94)77(123)105-61)104-80(126)65(47-55-23-15-24-56(92)45-55)109-86(132)70-30-19-41-114(70)90(136)73(51(4)5)100-53(7)117/h10-12,15,21-24,45,50-52,57-71,73,116H,8-9,13-14,16-20,25-44,46-49,93-94H2,1-7H3,(H2,95,120)(H,99,130)(H,100,117)(H,101,131)(H,102,125)(H,103,122)(H,104,126)(H,105,123)(H,106,129)(H,107,124)(H,108,128)(H,109,132)(H,110,121)(H,111,127)(H,118,119)(H4,96,97,98)/t52?,57-,58-,59-,60?,61-,62?,63-,64-,65-,66-,67-,68-,69-,70-,71-,73-/m0/s1. The Kier molecular flexibility index (Phi) is 47.0. The minimum absolute atomic E-state index is 0.00130. The summed E-state index contributed by atoms with van der Waals surface area (Å²) in [5, 5.41) is 65.9. The fraction of sp³-hybridized carbons (Fsp3) is 0.648. The van der Waals surface area contributed by atoms with E-state index in [-0.39, 0.29) is 159 Å². The lowest BCUT2D eigenvalue weighted by Crippen LogP contribution is -2.61. The zero-order valence-electron chi connectivity index (χ0n) is 79.4. The van der Waals surface area contributed by atoms with Crippen LogP contribution in [0.2, 0.25) is 5.02 Å². The Morgan fingerprint density at radius 2 is 1.12 bits per heavy atom. The number of carboxylic acid groups (broad SMARTS) is 1. The van der Waals surface area contributed by atoms with Crippen molar-refractivity contribution >= 4 is 151 Å². The van der Waals surface area contributed by atoms with Crippen LogP contribution in [0.25, 0.3) is 0 Å². The highest BCUT2D eigenvalue weighted by Crippen LogP contribution is 2.30. The maximum atomic E-state index is 15.7. The molecular weight excluding hydrogens is 1850 g/mol. The maximum absolute atomic E-state index is 15.7. The quantitative estimate of drug-likeness (QED) is 0.0141. The summed E-state index contributed by atoms with van der Waals surface area (Å²) in [7, 11) is 1.92. The average Bonchev–Trinajstić information content (AvgIpc) is 1.64. The van der Waals surface area contributed by atoms with Gasteiger partial charge in [0, 0.05) is 75.4 Å². The van der Waals surface area contributed by atoms with Crippen molar-refractivity contribution < 1.29 is 101 Å². The first-order valence-corrected chi connectivity index (χ1v) is 50.3. The van der Waals surface area contributed by atoms with Crippen molar-refractivity contribution in [1.29, 1.82) is 5.41 Å². The van der Waals surface area contributed by atoms with Gasteiger partial charge < -0.3 is 127 Å². The number of carboxylic acids is 1. The number of nitrogens with one attached hydrogen (secondary N) is 15. The van der Waals surface area contributed by atoms with E-state index in [4.69, 9.17) is 39.9 Å². The lowest BCUT2D eigenvalue weighted by molar-refractivity contribution is -0.148. The van der Waals surface area contributed by atoms with E-state index < -0.39 is 252 Å². The van der Waals surface area contributed by atoms with Crippen molar-refractivity contribution in [2.75, 3.05) is 63.9 Å². The molecule has 3 unspecified atom stereocenters. The maximum Gasteiger partial charge on any atom is 0.303 e. The number of unbranched alkanes of at least 4 members (excludes halogenated alkanes) is 2. The third-order valence-electron chi connectivity index (χ3n) is 24.5. The fourth-order valence-electron chi connectivity index (χ4n) is 17.1. The first-order chi connectivity index (χ1) is 65.7. The van der Waals surface area contributed by atoms with Gasteiger partial charge in [0.25, 0.3) is 0 Å². The molecule has 25 N–H and O–H groups in total. The normalized spacial score (nSPS) is 24.2. The highest BCUT2D eigenvalue weighted by Gasteiger charge is 2.47. The summed E-state index contributed by atoms with van der Waals surface area (Å²) >= 11 is 6.53. The number of fused-ring (bicyclic) bond motifs is 1. The molecule has 138 heavy (non-hydrogen) atoms. The highest BCUT2D eigenvalue weighted by molar-refractivity contribution is 8.76. The monoisotopic (exact) mass is 1990 g/mol. The first kappa shape index (κ1) is 113. The van der Waals surface area contributed by atoms with Crippen LogP contribution in [0, 0.1) is 17.2 Å². The van der Waals surface area contributed by atoms with E-state index in [9.17, 15) is 72.5 Å². The van der Waals surface area contributed by atoms with Gasteiger partial charge in [-0.05, 0) is 171 Å². The number of nitrogens with zero attached hydrogens (tertiary/aromatic N) is 4. The third kappa shape index (κ3) is 35.1. The van der Waals surface area contributed by atoms with Crippen LogP contribution in [-0.2, 0) is 104 Å². The topological polar surface area (TPSA) is 674 Å². The molecule has 0 bridgehead atoms. The molecule has 17 atom stereocenters. The number of rotatable bonds is 37. The van der Waals surface area contributed by atoms with E-state index in [2.05, 4.69) is 74.4 Å². The number of primary amides is 1. The predicted molar refractivity (Wildman–Crippen MR) is 513 cm³/mol. The molecule has 764 valence electrons. The number of nitrogens with two attached hydrogens (primary N) is 4. The number of aliphatic carboxylic acids is 1. The predicted octanol–water partition coefficient (Wildman–Crippen LogP) is -2.81. The van der Waals surface area contributed by atoms with Gasteiger partial charge in [0.05, 0.1) is 6.61 Å². The van der Waals surface area contributed by atoms with Gasteiger partial charge in [-0.25, -0.2) is 0 Å². The molecule has 0 aliphatic carbocycles. The fourth-order valence-corrected chi connectivity index (χ4v) is 19.6. The van der Waals surface area contributed by atoms with Crippen LogP contribution >= 0.6 is 33.2 Å². The van der Waals surface area contributed by atoms with Crippen LogP contribution in [0.4, 0.5) is 0 Å². The number of carbonyl (C=O) groups is 19. The number of hydrogen-bond acceptors (Lipinski definition) is 25. The molecule has 0 saturated carbocycles. The largest absolute Gasteiger partial charge is 0.481 e. The summed E-state index contributed by atoms with van der Waals surface area (Å²) in [5.74, 6) is -18.4. The molecule has 5 heterocycles. The Hall–Kier alpha value is -11.5. The summed E-state index contributed by atoms with van der Waals surface area (Å²) in [6.45, 7) is 10.3. The van der Waals surface area contributed by atoms with Gasteiger partial charge in [-0.1, -0.05) is 123 Å². The van der Waals surface area contributed by atoms with Crippen LogP contribution in [0.1, 0.15) is 194 Å². The average molecular weight is 1990 g/mol. The molecule has 5 fully saturated rings. The minimum Gasteiger partial charge on any atom is -0.481 e. The number of likely N-dealkylation sites (tertiary alicyclic amines) is 3. The van der Waals surface area contributed by atoms with E-state index in [1.54, 1.807) is 82.3 Å². The van der Waals surface area contributed by atoms with Gasteiger partial charge in [-0.15, -0.1) is 0 Å². The lowest BCUT2D eigenvalue weighted by Gasteiger charge is -2.33. The van der Waals surface area contributed by atoms with E-state index >= 15 is 28.8 Å². The number of aliphatic hydroxyl groups excluding tert-OH is 1. The smallest absolute Gasteiger partial charge is 0.303 e. The van der Waals surface area contributed by atoms with Gasteiger partial charge in [0.15, 0.2) is 5.96 Å². The van der Waals surface area contributed by atoms with Crippen molar-refractivity contribution in [3.63, 3.8) is 0 Å². The van der Waals surface area contributed by atoms with Crippen LogP contribution in [0.3, 0.4) is 0 Å². The number of amides is 18. The first-order valence-electron chi connectivity index (χ1n) is 47.5. The van der Waals surface area contributed by atoms with Crippen molar-refractivity contribution in [3.8, 4) is 0 Å². The Bertz CT molecular complexity index is 4590. The Labute approximate surface area is 816 Å². The molecule has 47 heteroatoms. The SMILES string of the molecule is CCCC[C@@H]1NC(=O)[C@H](CCN)NC(=O)[C@H](CCCNC(=N)N)NC(=O)[C@H](CC(C)C)NC(=O)C(NC(=O)[C@H](Cc2cccc(Cl)c2)NC(=O)[C@@H]2CCCN2C(=O)[C@@H](NC(C)=O)C(C)C)CCSSC[C@@H](C(=O)NC(CCCCN)C(=O)N2CCC[C@H]2C(=O)N2CCC[C@H]2C(=O)N[C@@H](CCC(=O)O)C(N)=O)NC(=O)[C@H](Cc2ccccc2)NC(=O)[C@H](CO)NC(=O)C(C)NC(=O)[C@@H]2CCCN2C1=O. The van der Waals surface area contributed by atoms with Crippen molar-refractivity contribution in [2.24, 2.45) is 34.8 Å². The second-order valence-electron chi connectivity index (χ2n) is 36.1. The number of halogens is 1. The number of aliphatic hydroxyl groups is 1. The Balaban J connectivity index is 1.33. The summed E-state index contributed by atoms with van der Waals surface area (Å²) in [6, 6.07) is -9.81. The van der Waals surface area contributed by atoms with E-state index in [0.29, 0.717) is 49.7 Å². The molecule has 0 aromatic heterocycles. The minimum atomic E-state index is -1.84. The van der Waals surface area contributed by atoms with Crippen molar-refractivity contribution in [2.45, 2.75) is 299 Å². The van der Waals surface area contributed by atoms with E-state index in [1.165, 1.54) is 33.4 Å². The molecule has 2 aromatic rings. The van der Waals surface area contributed by atoms with Gasteiger partial charge in [-0.3, -0.25) is 96.5 Å². The summed E-state index contributed by atoms with van der Waals surface area (Å²) in [4.78, 5) is 280. The van der Waals surface area contributed by atoms with Gasteiger partial charge in [0.2, 0.25) is 106 Å². The van der Waals surface area contributed by atoms with Crippen LogP contribution < -0.4 is 97.4 Å². The summed E-state index contributed by atoms with van der Waals surface area (Å²) < 4.78 is 0. The van der Waals surface area contributed by atoms with Gasteiger partial charge in [-0.2, -0.15) is 0 Å². The zero-order valence-corrected chi connectivity index (χ0v) is 81.8. The number of benzene rings is 2. The van der Waals surface area contributed by atoms with Gasteiger partial charge in [0.1, 0.15) is 103 Å². The number of hydrogen-bond donors (Lipinski definition) is 21. The van der Waals surface area contributed by atoms with Crippen molar-refractivity contribution in [1.82, 2.24) is 94.0 Å². The summed E-state index contributed by atoms with van der Waals surface area (Å²) in [5.41, 5.74) is 24.2. The Morgan fingerprint density at radius 1 is 0.558 bits per heavy atom. The molecule has 0 radical (unpaired) electrons. The molecule has 5 aliphatic rings. The Morgan fingerprint density at radius 3 is 1.73 bits per heavy atom. The second-order valence-corrected chi connectivity index (χ2v) is 39.2. The van der Waals surface area contributed by atoms with Crippen molar-refractivity contribution in [3.05, 3.63) is 70.7 Å². The van der Waals surface area contributed by atoms with Gasteiger partial charge >= 0.3 is 5.97 Å². The van der Waals surface area contributed by atoms with E-state index in [1.807, 2.05) is 6.92 Å². The highest BCUT2D eigenvalue weighted by atomic mass is 35.5. The molecule has 7 rings (SSSR count). The van der Waals surface area contributed by atoms with E-state index in [0.717, 1.165) is 21.6 Å². The molecule has 5 saturated heterocycles. The molecule has 5 aliphatic heterocycles. The lowest BCUT2D eigenvalue weighted by atomic mass is 10.0. The third-order valence-corrected chi connectivity index (χ3v) is 27.2. The molecular formula is C91H140ClN23O21S2. The number of guanidine groups is 1. The molecule has 0 spiro atoms. The molecule has 2 aromatic carbocycles. The molecule has 18 amide bonds. The zero-order chi connectivity index (χ0) is 102. The van der Waals surface area contributed by atoms with Crippen LogP contribution in [0.15, 0.2) is 54.6 Å².